The summed E-state index contributed by atoms with van der Waals surface area (Å²) >= 11 is 4.28. The molecule has 0 N–H and O–H groups in total. The van der Waals surface area contributed by atoms with E-state index in [1.165, 1.54) is 11.3 Å². The van der Waals surface area contributed by atoms with Gasteiger partial charge in [-0.05, 0) is 27.4 Å². The molecule has 0 fully saturated rings. The number of non-ortho nitro benzene ring substituents is 1. The molecule has 2 rings (SSSR count). The van der Waals surface area contributed by atoms with Crippen molar-refractivity contribution in [1.82, 2.24) is 0 Å². The minimum absolute atomic E-state index is 0.185. The first-order chi connectivity index (χ1) is 6.61. The summed E-state index contributed by atoms with van der Waals surface area (Å²) in [5, 5.41) is 12.8. The second-order valence-electron chi connectivity index (χ2n) is 2.61. The number of nitro benzene ring substituents is 1. The highest BCUT2D eigenvalue weighted by atomic mass is 79.9. The van der Waals surface area contributed by atoms with Gasteiger partial charge in [-0.25, -0.2) is 4.39 Å². The highest BCUT2D eigenvalue weighted by Crippen LogP contribution is 2.37. The molecule has 0 atom stereocenters. The summed E-state index contributed by atoms with van der Waals surface area (Å²) in [6, 6.07) is 2.59. The molecule has 0 unspecified atom stereocenters. The van der Waals surface area contributed by atoms with Gasteiger partial charge in [-0.2, -0.15) is 0 Å². The SMILES string of the molecule is O=[N+]([O-])c1cc(F)c(Br)c2ccsc12. The summed E-state index contributed by atoms with van der Waals surface area (Å²) < 4.78 is 14.0. The Bertz CT molecular complexity index is 525. The van der Waals surface area contributed by atoms with Crippen LogP contribution < -0.4 is 0 Å². The average Bonchev–Trinajstić information content (AvgIpc) is 2.59. The lowest BCUT2D eigenvalue weighted by Gasteiger charge is -1.97. The predicted octanol–water partition coefficient (Wildman–Crippen LogP) is 3.71. The Balaban J connectivity index is 2.91. The Morgan fingerprint density at radius 3 is 2.93 bits per heavy atom. The molecule has 0 radical (unpaired) electrons. The van der Waals surface area contributed by atoms with Crippen molar-refractivity contribution in [2.45, 2.75) is 0 Å². The molecule has 2 aromatic rings. The summed E-state index contributed by atoms with van der Waals surface area (Å²) in [7, 11) is 0. The number of nitro groups is 1. The number of rotatable bonds is 1. The molecule has 0 aliphatic rings. The standard InChI is InChI=1S/C8H3BrFNO2S/c9-7-4-1-2-14-8(4)6(11(12)13)3-5(7)10/h1-3H. The molecule has 3 nitrogen and oxygen atoms in total. The Morgan fingerprint density at radius 1 is 1.57 bits per heavy atom. The fraction of sp³-hybridized carbons (Fsp3) is 0. The highest BCUT2D eigenvalue weighted by Gasteiger charge is 2.18. The molecule has 72 valence electrons. The van der Waals surface area contributed by atoms with E-state index in [1.807, 2.05) is 0 Å². The summed E-state index contributed by atoms with van der Waals surface area (Å²) in [4.78, 5) is 10.0. The molecular weight excluding hydrogens is 273 g/mol. The highest BCUT2D eigenvalue weighted by molar-refractivity contribution is 9.10. The first kappa shape index (κ1) is 9.54. The van der Waals surface area contributed by atoms with Gasteiger partial charge < -0.3 is 0 Å². The first-order valence-corrected chi connectivity index (χ1v) is 5.28. The third kappa shape index (κ3) is 1.31. The molecule has 14 heavy (non-hydrogen) atoms. The van der Waals surface area contributed by atoms with E-state index in [0.29, 0.717) is 10.1 Å². The van der Waals surface area contributed by atoms with Crippen LogP contribution in [0, 0.1) is 15.9 Å². The largest absolute Gasteiger partial charge is 0.290 e. The van der Waals surface area contributed by atoms with E-state index in [-0.39, 0.29) is 10.2 Å². The molecule has 1 aromatic heterocycles. The number of benzene rings is 1. The maximum Gasteiger partial charge on any atom is 0.290 e. The van der Waals surface area contributed by atoms with Crippen LogP contribution in [0.5, 0.6) is 0 Å². The van der Waals surface area contributed by atoms with Crippen LogP contribution in [-0.4, -0.2) is 4.92 Å². The molecule has 1 heterocycles. The fourth-order valence-electron chi connectivity index (χ4n) is 1.19. The summed E-state index contributed by atoms with van der Waals surface area (Å²) in [6.07, 6.45) is 0. The van der Waals surface area contributed by atoms with Crippen LogP contribution in [0.4, 0.5) is 10.1 Å². The second kappa shape index (κ2) is 3.29. The van der Waals surface area contributed by atoms with Gasteiger partial charge in [0.2, 0.25) is 0 Å². The minimum Gasteiger partial charge on any atom is -0.258 e. The molecule has 0 saturated heterocycles. The van der Waals surface area contributed by atoms with Crippen molar-refractivity contribution in [3.05, 3.63) is 37.9 Å². The second-order valence-corrected chi connectivity index (χ2v) is 4.32. The van der Waals surface area contributed by atoms with E-state index in [4.69, 9.17) is 0 Å². The lowest BCUT2D eigenvalue weighted by atomic mass is 10.2. The van der Waals surface area contributed by atoms with Crippen LogP contribution in [0.2, 0.25) is 0 Å². The molecular formula is C8H3BrFNO2S. The van der Waals surface area contributed by atoms with E-state index < -0.39 is 10.7 Å². The maximum atomic E-state index is 13.2. The quantitative estimate of drug-likeness (QED) is 0.588. The molecule has 0 spiro atoms. The smallest absolute Gasteiger partial charge is 0.258 e. The number of nitrogens with zero attached hydrogens (tertiary/aromatic N) is 1. The summed E-state index contributed by atoms with van der Waals surface area (Å²) in [5.74, 6) is -0.609. The molecule has 0 aliphatic carbocycles. The van der Waals surface area contributed by atoms with Crippen molar-refractivity contribution < 1.29 is 9.31 Å². The molecule has 0 saturated carbocycles. The predicted molar refractivity (Wildman–Crippen MR) is 56.1 cm³/mol. The Kier molecular flexibility index (Phi) is 2.24. The Hall–Kier alpha value is -1.01. The van der Waals surface area contributed by atoms with Gasteiger partial charge in [0.15, 0.2) is 0 Å². The summed E-state index contributed by atoms with van der Waals surface area (Å²) in [5.41, 5.74) is -0.185. The van der Waals surface area contributed by atoms with Crippen molar-refractivity contribution in [2.75, 3.05) is 0 Å². The number of thiophene rings is 1. The van der Waals surface area contributed by atoms with Crippen LogP contribution in [0.3, 0.4) is 0 Å². The zero-order chi connectivity index (χ0) is 10.3. The zero-order valence-electron chi connectivity index (χ0n) is 6.66. The van der Waals surface area contributed by atoms with Crippen LogP contribution in [0.1, 0.15) is 0 Å². The Morgan fingerprint density at radius 2 is 2.29 bits per heavy atom. The molecule has 0 amide bonds. The van der Waals surface area contributed by atoms with Crippen LogP contribution >= 0.6 is 27.3 Å². The maximum absolute atomic E-state index is 13.2. The van der Waals surface area contributed by atoms with Crippen molar-refractivity contribution >= 4 is 43.0 Å². The normalized spacial score (nSPS) is 10.7. The van der Waals surface area contributed by atoms with Crippen LogP contribution in [-0.2, 0) is 0 Å². The van der Waals surface area contributed by atoms with E-state index in [9.17, 15) is 14.5 Å². The number of fused-ring (bicyclic) bond motifs is 1. The van der Waals surface area contributed by atoms with Gasteiger partial charge in [0.05, 0.1) is 15.5 Å². The zero-order valence-corrected chi connectivity index (χ0v) is 9.06. The number of halogens is 2. The minimum atomic E-state index is -0.609. The van der Waals surface area contributed by atoms with Crippen LogP contribution in [0.15, 0.2) is 22.0 Å². The van der Waals surface area contributed by atoms with E-state index in [0.717, 1.165) is 6.07 Å². The topological polar surface area (TPSA) is 43.1 Å². The van der Waals surface area contributed by atoms with Gasteiger partial charge >= 0.3 is 0 Å². The van der Waals surface area contributed by atoms with Crippen molar-refractivity contribution in [3.63, 3.8) is 0 Å². The van der Waals surface area contributed by atoms with Crippen molar-refractivity contribution in [1.29, 1.82) is 0 Å². The van der Waals surface area contributed by atoms with Gasteiger partial charge in [-0.1, -0.05) is 0 Å². The third-order valence-corrected chi connectivity index (χ3v) is 3.55. The average molecular weight is 276 g/mol. The molecule has 6 heteroatoms. The fourth-order valence-corrected chi connectivity index (χ4v) is 2.66. The van der Waals surface area contributed by atoms with E-state index >= 15 is 0 Å². The molecule has 0 bridgehead atoms. The van der Waals surface area contributed by atoms with E-state index in [1.54, 1.807) is 11.4 Å². The van der Waals surface area contributed by atoms with Gasteiger partial charge in [0.25, 0.3) is 5.69 Å². The molecule has 1 aromatic carbocycles. The number of hydrogen-bond donors (Lipinski definition) is 0. The lowest BCUT2D eigenvalue weighted by molar-refractivity contribution is -0.383. The van der Waals surface area contributed by atoms with Crippen molar-refractivity contribution in [3.8, 4) is 0 Å². The van der Waals surface area contributed by atoms with Crippen molar-refractivity contribution in [2.24, 2.45) is 0 Å². The van der Waals surface area contributed by atoms with Crippen LogP contribution in [0.25, 0.3) is 10.1 Å². The Labute approximate surface area is 90.4 Å². The summed E-state index contributed by atoms with van der Waals surface area (Å²) in [6.45, 7) is 0. The van der Waals surface area contributed by atoms with Gasteiger partial charge in [0.1, 0.15) is 10.5 Å². The van der Waals surface area contributed by atoms with E-state index in [2.05, 4.69) is 15.9 Å². The van der Waals surface area contributed by atoms with Gasteiger partial charge in [-0.15, -0.1) is 11.3 Å². The first-order valence-electron chi connectivity index (χ1n) is 3.61. The monoisotopic (exact) mass is 275 g/mol. The third-order valence-electron chi connectivity index (χ3n) is 1.80. The van der Waals surface area contributed by atoms with Gasteiger partial charge in [-0.3, -0.25) is 10.1 Å². The number of hydrogen-bond acceptors (Lipinski definition) is 3. The molecule has 0 aliphatic heterocycles. The lowest BCUT2D eigenvalue weighted by Crippen LogP contribution is -1.90. The van der Waals surface area contributed by atoms with Gasteiger partial charge in [0, 0.05) is 5.39 Å².